The van der Waals surface area contributed by atoms with Gasteiger partial charge in [-0.25, -0.2) is 0 Å². The number of halogens is 1. The average Bonchev–Trinajstić information content (AvgIpc) is 2.44. The van der Waals surface area contributed by atoms with Gasteiger partial charge in [0.1, 0.15) is 0 Å². The van der Waals surface area contributed by atoms with Crippen molar-refractivity contribution in [1.82, 2.24) is 0 Å². The minimum absolute atomic E-state index is 0.185. The van der Waals surface area contributed by atoms with Gasteiger partial charge in [0.05, 0.1) is 11.3 Å². The Hall–Kier alpha value is -2.46. The molecule has 0 aromatic heterocycles. The van der Waals surface area contributed by atoms with E-state index in [1.54, 1.807) is 36.4 Å². The van der Waals surface area contributed by atoms with E-state index in [9.17, 15) is 14.4 Å². The Kier molecular flexibility index (Phi) is 2.88. The third-order valence-electron chi connectivity index (χ3n) is 3.19. The van der Waals surface area contributed by atoms with Crippen molar-refractivity contribution in [2.45, 2.75) is 0 Å². The zero-order valence-corrected chi connectivity index (χ0v) is 10.9. The minimum Gasteiger partial charge on any atom is -0.312 e. The van der Waals surface area contributed by atoms with Crippen LogP contribution in [0.5, 0.6) is 0 Å². The van der Waals surface area contributed by atoms with Gasteiger partial charge in [-0.1, -0.05) is 36.4 Å². The number of rotatable bonds is 1. The molecule has 1 N–H and O–H groups in total. The third-order valence-corrected chi connectivity index (χ3v) is 3.28. The van der Waals surface area contributed by atoms with Crippen LogP contribution < -0.4 is 5.32 Å². The van der Waals surface area contributed by atoms with Crippen LogP contribution in [-0.4, -0.2) is 16.9 Å². The molecule has 0 spiro atoms. The fourth-order valence-electron chi connectivity index (χ4n) is 2.36. The third kappa shape index (κ3) is 1.82. The van der Waals surface area contributed by atoms with E-state index in [0.29, 0.717) is 11.1 Å². The van der Waals surface area contributed by atoms with Gasteiger partial charge < -0.3 is 5.32 Å². The Morgan fingerprint density at radius 2 is 1.45 bits per heavy atom. The first kappa shape index (κ1) is 12.6. The van der Waals surface area contributed by atoms with E-state index in [-0.39, 0.29) is 28.4 Å². The molecular weight excluding hydrogens is 278 g/mol. The van der Waals surface area contributed by atoms with E-state index in [4.69, 9.17) is 11.6 Å². The van der Waals surface area contributed by atoms with E-state index >= 15 is 0 Å². The molecule has 98 valence electrons. The molecule has 1 aliphatic rings. The summed E-state index contributed by atoms with van der Waals surface area (Å²) in [5.74, 6) is -0.530. The maximum absolute atomic E-state index is 12.5. The highest BCUT2D eigenvalue weighted by Gasteiger charge is 2.31. The second kappa shape index (κ2) is 4.58. The molecule has 1 amide bonds. The zero-order valence-electron chi connectivity index (χ0n) is 10.1. The Morgan fingerprint density at radius 1 is 0.850 bits per heavy atom. The van der Waals surface area contributed by atoms with Crippen molar-refractivity contribution >= 4 is 34.2 Å². The lowest BCUT2D eigenvalue weighted by molar-refractivity contribution is 0.0979. The zero-order chi connectivity index (χ0) is 14.3. The fraction of sp³-hybridized carbons (Fsp3) is 0. The molecule has 0 saturated carbocycles. The van der Waals surface area contributed by atoms with Crippen molar-refractivity contribution < 1.29 is 14.4 Å². The predicted octanol–water partition coefficient (Wildman–Crippen LogP) is 3.23. The fourth-order valence-corrected chi connectivity index (χ4v) is 2.46. The average molecular weight is 286 g/mol. The predicted molar refractivity (Wildman–Crippen MR) is 74.6 cm³/mol. The van der Waals surface area contributed by atoms with E-state index in [0.717, 1.165) is 0 Å². The molecule has 0 atom stereocenters. The van der Waals surface area contributed by atoms with Crippen LogP contribution in [-0.2, 0) is 0 Å². The number of carbonyl (C=O) groups excluding carboxylic acids is 3. The lowest BCUT2D eigenvalue weighted by Gasteiger charge is -2.19. The van der Waals surface area contributed by atoms with Crippen molar-refractivity contribution in [2.24, 2.45) is 0 Å². The first-order valence-corrected chi connectivity index (χ1v) is 6.25. The smallest absolute Gasteiger partial charge is 0.312 e. The lowest BCUT2D eigenvalue weighted by Crippen LogP contribution is -2.22. The summed E-state index contributed by atoms with van der Waals surface area (Å²) in [4.78, 5) is 35.9. The maximum Gasteiger partial charge on any atom is 0.318 e. The van der Waals surface area contributed by atoms with E-state index in [2.05, 4.69) is 5.32 Å². The summed E-state index contributed by atoms with van der Waals surface area (Å²) in [6.07, 6.45) is 0. The van der Waals surface area contributed by atoms with Crippen LogP contribution in [0.25, 0.3) is 0 Å². The van der Waals surface area contributed by atoms with E-state index in [1.165, 1.54) is 6.07 Å². The second-order valence-corrected chi connectivity index (χ2v) is 4.67. The number of carbonyl (C=O) groups is 3. The van der Waals surface area contributed by atoms with Gasteiger partial charge in [0.25, 0.3) is 0 Å². The highest BCUT2D eigenvalue weighted by atomic mass is 35.5. The van der Waals surface area contributed by atoms with Crippen LogP contribution in [0.15, 0.2) is 42.5 Å². The van der Waals surface area contributed by atoms with Gasteiger partial charge in [0.2, 0.25) is 0 Å². The molecule has 0 unspecified atom stereocenters. The van der Waals surface area contributed by atoms with Crippen molar-refractivity contribution in [3.05, 3.63) is 64.7 Å². The largest absolute Gasteiger partial charge is 0.318 e. The van der Waals surface area contributed by atoms with Crippen LogP contribution in [0, 0.1) is 0 Å². The number of amides is 1. The SMILES string of the molecule is O=C(Cl)Nc1cccc2c1C(=O)c1ccccc1C2=O. The van der Waals surface area contributed by atoms with Gasteiger partial charge in [-0.3, -0.25) is 14.4 Å². The molecule has 0 radical (unpaired) electrons. The number of fused-ring (bicyclic) bond motifs is 2. The summed E-state index contributed by atoms with van der Waals surface area (Å²) in [6.45, 7) is 0. The minimum atomic E-state index is -0.808. The van der Waals surface area contributed by atoms with Crippen molar-refractivity contribution in [3.8, 4) is 0 Å². The van der Waals surface area contributed by atoms with Crippen LogP contribution in [0.3, 0.4) is 0 Å². The molecule has 20 heavy (non-hydrogen) atoms. The highest BCUT2D eigenvalue weighted by Crippen LogP contribution is 2.31. The number of nitrogens with one attached hydrogen (secondary N) is 1. The second-order valence-electron chi connectivity index (χ2n) is 4.33. The highest BCUT2D eigenvalue weighted by molar-refractivity contribution is 6.65. The molecule has 4 nitrogen and oxygen atoms in total. The van der Waals surface area contributed by atoms with Gasteiger partial charge in [-0.2, -0.15) is 0 Å². The van der Waals surface area contributed by atoms with Gasteiger partial charge in [-0.15, -0.1) is 0 Å². The molecule has 3 rings (SSSR count). The number of benzene rings is 2. The van der Waals surface area contributed by atoms with Gasteiger partial charge >= 0.3 is 5.37 Å². The Bertz CT molecular complexity index is 767. The summed E-state index contributed by atoms with van der Waals surface area (Å²) >= 11 is 5.29. The van der Waals surface area contributed by atoms with Gasteiger partial charge in [0, 0.05) is 16.7 Å². The molecule has 1 aliphatic carbocycles. The van der Waals surface area contributed by atoms with Crippen LogP contribution in [0.4, 0.5) is 10.5 Å². The number of ketones is 2. The van der Waals surface area contributed by atoms with Crippen LogP contribution in [0.1, 0.15) is 31.8 Å². The summed E-state index contributed by atoms with van der Waals surface area (Å²) in [5.41, 5.74) is 1.41. The Labute approximate surface area is 119 Å². The summed E-state index contributed by atoms with van der Waals surface area (Å²) in [7, 11) is 0. The summed E-state index contributed by atoms with van der Waals surface area (Å²) in [6, 6.07) is 11.3. The lowest BCUT2D eigenvalue weighted by atomic mass is 9.83. The van der Waals surface area contributed by atoms with Crippen molar-refractivity contribution in [2.75, 3.05) is 5.32 Å². The molecule has 2 aromatic carbocycles. The number of hydrogen-bond acceptors (Lipinski definition) is 3. The quantitative estimate of drug-likeness (QED) is 0.551. The van der Waals surface area contributed by atoms with Crippen molar-refractivity contribution in [1.29, 1.82) is 0 Å². The molecule has 0 bridgehead atoms. The van der Waals surface area contributed by atoms with E-state index < -0.39 is 5.37 Å². The standard InChI is InChI=1S/C15H8ClNO3/c16-15(20)17-11-7-3-6-10-12(11)14(19)9-5-2-1-4-8(9)13(10)18/h1-7H,(H,17,20). The molecular formula is C15H8ClNO3. The molecule has 5 heteroatoms. The molecule has 0 fully saturated rings. The molecule has 0 heterocycles. The number of anilines is 1. The van der Waals surface area contributed by atoms with Crippen LogP contribution in [0.2, 0.25) is 0 Å². The topological polar surface area (TPSA) is 63.2 Å². The van der Waals surface area contributed by atoms with Crippen LogP contribution >= 0.6 is 11.6 Å². The molecule has 0 aliphatic heterocycles. The van der Waals surface area contributed by atoms with Gasteiger partial charge in [-0.05, 0) is 17.7 Å². The van der Waals surface area contributed by atoms with Gasteiger partial charge in [0.15, 0.2) is 11.6 Å². The monoisotopic (exact) mass is 285 g/mol. The molecule has 2 aromatic rings. The number of hydrogen-bond donors (Lipinski definition) is 1. The Balaban J connectivity index is 2.25. The molecule has 0 saturated heterocycles. The van der Waals surface area contributed by atoms with E-state index in [1.807, 2.05) is 0 Å². The normalized spacial score (nSPS) is 12.7. The first-order valence-electron chi connectivity index (χ1n) is 5.87. The van der Waals surface area contributed by atoms with Crippen molar-refractivity contribution in [3.63, 3.8) is 0 Å². The Morgan fingerprint density at radius 3 is 2.10 bits per heavy atom. The first-order chi connectivity index (χ1) is 9.59. The summed E-state index contributed by atoms with van der Waals surface area (Å²) in [5, 5.41) is 1.56. The maximum atomic E-state index is 12.5. The summed E-state index contributed by atoms with van der Waals surface area (Å²) < 4.78 is 0.